The van der Waals surface area contributed by atoms with Crippen LogP contribution in [0.5, 0.6) is 0 Å². The van der Waals surface area contributed by atoms with Gasteiger partial charge in [0.1, 0.15) is 6.04 Å². The van der Waals surface area contributed by atoms with Crippen molar-refractivity contribution in [1.29, 1.82) is 0 Å². The Morgan fingerprint density at radius 2 is 2.10 bits per heavy atom. The molecule has 0 saturated heterocycles. The van der Waals surface area contributed by atoms with Crippen LogP contribution in [0.3, 0.4) is 0 Å². The Balaban J connectivity index is 1.71. The number of aryl methyl sites for hydroxylation is 1. The van der Waals surface area contributed by atoms with Gasteiger partial charge in [0.15, 0.2) is 0 Å². The first-order valence-corrected chi connectivity index (χ1v) is 7.63. The fourth-order valence-corrected chi connectivity index (χ4v) is 2.87. The summed E-state index contributed by atoms with van der Waals surface area (Å²) in [6.45, 7) is 2.06. The molecule has 0 aliphatic carbocycles. The Bertz CT molecular complexity index is 644. The minimum Gasteiger partial charge on any atom is -0.373 e. The number of amides is 1. The van der Waals surface area contributed by atoms with Crippen molar-refractivity contribution < 1.29 is 4.79 Å². The molecule has 0 aromatic heterocycles. The number of benzene rings is 2. The van der Waals surface area contributed by atoms with E-state index in [-0.39, 0.29) is 11.9 Å². The van der Waals surface area contributed by atoms with Gasteiger partial charge in [0.25, 0.3) is 0 Å². The molecule has 20 heavy (non-hydrogen) atoms. The van der Waals surface area contributed by atoms with E-state index < -0.39 is 0 Å². The van der Waals surface area contributed by atoms with Crippen LogP contribution in [-0.4, -0.2) is 11.9 Å². The van der Waals surface area contributed by atoms with Crippen molar-refractivity contribution in [3.05, 3.63) is 57.2 Å². The second kappa shape index (κ2) is 5.44. The Morgan fingerprint density at radius 1 is 1.30 bits per heavy atom. The lowest BCUT2D eigenvalue weighted by atomic mass is 10.1. The average Bonchev–Trinajstić information content (AvgIpc) is 2.87. The molecule has 1 aliphatic heterocycles. The summed E-state index contributed by atoms with van der Waals surface area (Å²) < 4.78 is 1.16. The third-order valence-corrected chi connectivity index (χ3v) is 4.69. The van der Waals surface area contributed by atoms with Crippen molar-refractivity contribution >= 4 is 39.9 Å². The Labute approximate surface area is 131 Å². The van der Waals surface area contributed by atoms with Gasteiger partial charge in [-0.3, -0.25) is 4.79 Å². The fraction of sp³-hybridized carbons (Fsp3) is 0.188. The molecule has 2 N–H and O–H groups in total. The van der Waals surface area contributed by atoms with Gasteiger partial charge in [0.2, 0.25) is 5.91 Å². The highest BCUT2D eigenvalue weighted by molar-refractivity contribution is 14.1. The zero-order chi connectivity index (χ0) is 14.1. The first-order valence-electron chi connectivity index (χ1n) is 6.55. The molecule has 4 heteroatoms. The third-order valence-electron chi connectivity index (χ3n) is 3.53. The average molecular weight is 378 g/mol. The number of carbonyl (C=O) groups excluding carboxylic acids is 1. The van der Waals surface area contributed by atoms with E-state index in [4.69, 9.17) is 0 Å². The van der Waals surface area contributed by atoms with Crippen LogP contribution in [0.15, 0.2) is 42.5 Å². The molecule has 1 amide bonds. The lowest BCUT2D eigenvalue weighted by Crippen LogP contribution is -2.32. The predicted octanol–water partition coefficient (Wildman–Crippen LogP) is 3.57. The molecule has 0 bridgehead atoms. The highest BCUT2D eigenvalue weighted by atomic mass is 127. The van der Waals surface area contributed by atoms with Crippen molar-refractivity contribution in [3.63, 3.8) is 0 Å². The van der Waals surface area contributed by atoms with Gasteiger partial charge in [-0.2, -0.15) is 0 Å². The molecular formula is C16H15IN2O. The van der Waals surface area contributed by atoms with Crippen LogP contribution < -0.4 is 10.6 Å². The Morgan fingerprint density at radius 3 is 2.85 bits per heavy atom. The van der Waals surface area contributed by atoms with E-state index in [0.717, 1.165) is 21.4 Å². The Kier molecular flexibility index (Phi) is 3.65. The van der Waals surface area contributed by atoms with Crippen LogP contribution in [0, 0.1) is 10.5 Å². The summed E-state index contributed by atoms with van der Waals surface area (Å²) in [6, 6.07) is 13.8. The summed E-state index contributed by atoms with van der Waals surface area (Å²) in [7, 11) is 0. The van der Waals surface area contributed by atoms with E-state index in [0.29, 0.717) is 0 Å². The van der Waals surface area contributed by atoms with Gasteiger partial charge in [-0.1, -0.05) is 24.3 Å². The maximum atomic E-state index is 12.3. The molecular weight excluding hydrogens is 363 g/mol. The molecule has 3 rings (SSSR count). The second-order valence-corrected chi connectivity index (χ2v) is 6.17. The van der Waals surface area contributed by atoms with E-state index in [9.17, 15) is 4.79 Å². The SMILES string of the molecule is Cc1ccc(NC(=O)C2Cc3ccccc3N2)cc1I. The summed E-state index contributed by atoms with van der Waals surface area (Å²) in [6.07, 6.45) is 0.741. The van der Waals surface area contributed by atoms with Crippen molar-refractivity contribution in [1.82, 2.24) is 0 Å². The summed E-state index contributed by atoms with van der Waals surface area (Å²) in [5.41, 5.74) is 4.33. The fourth-order valence-electron chi connectivity index (χ4n) is 2.36. The maximum Gasteiger partial charge on any atom is 0.247 e. The molecule has 0 saturated carbocycles. The zero-order valence-corrected chi connectivity index (χ0v) is 13.3. The normalized spacial score (nSPS) is 16.4. The van der Waals surface area contributed by atoms with Gasteiger partial charge in [-0.15, -0.1) is 0 Å². The minimum atomic E-state index is -0.189. The lowest BCUT2D eigenvalue weighted by Gasteiger charge is -2.12. The number of hydrogen-bond acceptors (Lipinski definition) is 2. The van der Waals surface area contributed by atoms with Crippen molar-refractivity contribution in [3.8, 4) is 0 Å². The van der Waals surface area contributed by atoms with Crippen molar-refractivity contribution in [2.45, 2.75) is 19.4 Å². The van der Waals surface area contributed by atoms with Gasteiger partial charge in [0, 0.05) is 21.4 Å². The van der Waals surface area contributed by atoms with Crippen LogP contribution in [0.4, 0.5) is 11.4 Å². The molecule has 2 aromatic rings. The lowest BCUT2D eigenvalue weighted by molar-refractivity contribution is -0.116. The number of para-hydroxylation sites is 1. The largest absolute Gasteiger partial charge is 0.373 e. The van der Waals surface area contributed by atoms with Gasteiger partial charge >= 0.3 is 0 Å². The number of rotatable bonds is 2. The van der Waals surface area contributed by atoms with Crippen LogP contribution in [0.1, 0.15) is 11.1 Å². The first kappa shape index (κ1) is 13.4. The summed E-state index contributed by atoms with van der Waals surface area (Å²) in [5.74, 6) is 0.0147. The number of hydrogen-bond donors (Lipinski definition) is 2. The van der Waals surface area contributed by atoms with Crippen molar-refractivity contribution in [2.75, 3.05) is 10.6 Å². The highest BCUT2D eigenvalue weighted by Crippen LogP contribution is 2.26. The molecule has 0 radical (unpaired) electrons. The third kappa shape index (κ3) is 2.65. The zero-order valence-electron chi connectivity index (χ0n) is 11.1. The van der Waals surface area contributed by atoms with Crippen LogP contribution in [0.25, 0.3) is 0 Å². The van der Waals surface area contributed by atoms with E-state index in [1.165, 1.54) is 11.1 Å². The summed E-state index contributed by atoms with van der Waals surface area (Å²) >= 11 is 2.28. The number of halogens is 1. The molecule has 1 heterocycles. The van der Waals surface area contributed by atoms with Crippen LogP contribution in [0.2, 0.25) is 0 Å². The Hall–Kier alpha value is -1.56. The van der Waals surface area contributed by atoms with Gasteiger partial charge in [-0.25, -0.2) is 0 Å². The smallest absolute Gasteiger partial charge is 0.247 e. The van der Waals surface area contributed by atoms with Gasteiger partial charge < -0.3 is 10.6 Å². The number of carbonyl (C=O) groups is 1. The molecule has 1 aliphatic rings. The van der Waals surface area contributed by atoms with Crippen LogP contribution in [-0.2, 0) is 11.2 Å². The standard InChI is InChI=1S/C16H15IN2O/c1-10-6-7-12(9-13(10)17)18-16(20)15-8-11-4-2-3-5-14(11)19-15/h2-7,9,15,19H,8H2,1H3,(H,18,20). The topological polar surface area (TPSA) is 41.1 Å². The molecule has 1 atom stereocenters. The van der Waals surface area contributed by atoms with E-state index in [1.54, 1.807) is 0 Å². The monoisotopic (exact) mass is 378 g/mol. The predicted molar refractivity (Wildman–Crippen MR) is 90.1 cm³/mol. The van der Waals surface area contributed by atoms with Crippen molar-refractivity contribution in [2.24, 2.45) is 0 Å². The van der Waals surface area contributed by atoms with E-state index in [1.807, 2.05) is 36.4 Å². The molecule has 3 nitrogen and oxygen atoms in total. The number of nitrogens with one attached hydrogen (secondary N) is 2. The van der Waals surface area contributed by atoms with Gasteiger partial charge in [0.05, 0.1) is 0 Å². The molecule has 0 fully saturated rings. The summed E-state index contributed by atoms with van der Waals surface area (Å²) in [5, 5.41) is 6.25. The first-order chi connectivity index (χ1) is 9.63. The van der Waals surface area contributed by atoms with Gasteiger partial charge in [-0.05, 0) is 58.8 Å². The van der Waals surface area contributed by atoms with E-state index in [2.05, 4.69) is 46.2 Å². The van der Waals surface area contributed by atoms with E-state index >= 15 is 0 Å². The minimum absolute atomic E-state index is 0.0147. The number of anilines is 2. The molecule has 1 unspecified atom stereocenters. The molecule has 102 valence electrons. The maximum absolute atomic E-state index is 12.3. The quantitative estimate of drug-likeness (QED) is 0.785. The van der Waals surface area contributed by atoms with Crippen LogP contribution >= 0.6 is 22.6 Å². The summed E-state index contributed by atoms with van der Waals surface area (Å²) in [4.78, 5) is 12.3. The number of fused-ring (bicyclic) bond motifs is 1. The second-order valence-electron chi connectivity index (χ2n) is 5.01. The molecule has 2 aromatic carbocycles. The highest BCUT2D eigenvalue weighted by Gasteiger charge is 2.26. The molecule has 0 spiro atoms.